The summed E-state index contributed by atoms with van der Waals surface area (Å²) in [6.45, 7) is 13.1. The highest BCUT2D eigenvalue weighted by molar-refractivity contribution is 6.21. The van der Waals surface area contributed by atoms with Gasteiger partial charge in [-0.2, -0.15) is 0 Å². The van der Waals surface area contributed by atoms with Gasteiger partial charge in [-0.1, -0.05) is 41.5 Å². The molecular weight excluding hydrogens is 212 g/mol. The summed E-state index contributed by atoms with van der Waals surface area (Å²) in [5.74, 6) is 1.38. The zero-order chi connectivity index (χ0) is 11.5. The third-order valence-corrected chi connectivity index (χ3v) is 4.73. The third kappa shape index (κ3) is 2.53. The van der Waals surface area contributed by atoms with Crippen LogP contribution in [-0.4, -0.2) is 21.5 Å². The Morgan fingerprint density at radius 3 is 1.43 bits per heavy atom. The first kappa shape index (κ1) is 14.5. The standard InChI is InChI=1S/C11H25ClOSi/c1-7(2)10(12)11(13-14,8(3)4)9(5)6/h7-10H,1-6,14H3. The highest BCUT2D eigenvalue weighted by atomic mass is 35.5. The van der Waals surface area contributed by atoms with Crippen LogP contribution in [0.3, 0.4) is 0 Å². The predicted octanol–water partition coefficient (Wildman–Crippen LogP) is 2.60. The van der Waals surface area contributed by atoms with Crippen LogP contribution in [0.5, 0.6) is 0 Å². The highest BCUT2D eigenvalue weighted by Gasteiger charge is 2.44. The molecule has 0 aliphatic heterocycles. The van der Waals surface area contributed by atoms with Gasteiger partial charge in [-0.05, 0) is 17.8 Å². The first-order valence-corrected chi connectivity index (χ1v) is 6.75. The van der Waals surface area contributed by atoms with Crippen LogP contribution < -0.4 is 0 Å². The molecule has 0 fully saturated rings. The van der Waals surface area contributed by atoms with Crippen LogP contribution in [0.1, 0.15) is 41.5 Å². The molecule has 1 unspecified atom stereocenters. The van der Waals surface area contributed by atoms with Crippen molar-refractivity contribution in [3.63, 3.8) is 0 Å². The Morgan fingerprint density at radius 1 is 1.00 bits per heavy atom. The van der Waals surface area contributed by atoms with E-state index in [1.54, 1.807) is 0 Å². The van der Waals surface area contributed by atoms with E-state index in [1.165, 1.54) is 0 Å². The molecule has 0 bridgehead atoms. The second-order valence-corrected chi connectivity index (χ2v) is 5.89. The molecule has 0 aromatic carbocycles. The van der Waals surface area contributed by atoms with E-state index in [0.717, 1.165) is 10.5 Å². The monoisotopic (exact) mass is 236 g/mol. The maximum Gasteiger partial charge on any atom is 0.146 e. The van der Waals surface area contributed by atoms with Crippen molar-refractivity contribution in [1.29, 1.82) is 0 Å². The van der Waals surface area contributed by atoms with Crippen molar-refractivity contribution in [3.05, 3.63) is 0 Å². The van der Waals surface area contributed by atoms with E-state index in [4.69, 9.17) is 16.0 Å². The van der Waals surface area contributed by atoms with Crippen molar-refractivity contribution < 1.29 is 4.43 Å². The summed E-state index contributed by atoms with van der Waals surface area (Å²) in [6.07, 6.45) is 0. The average molecular weight is 237 g/mol. The lowest BCUT2D eigenvalue weighted by atomic mass is 9.74. The summed E-state index contributed by atoms with van der Waals surface area (Å²) in [4.78, 5) is 0. The van der Waals surface area contributed by atoms with Gasteiger partial charge in [0, 0.05) is 0 Å². The molecule has 0 radical (unpaired) electrons. The summed E-state index contributed by atoms with van der Waals surface area (Å²) in [7, 11) is 0.751. The van der Waals surface area contributed by atoms with Gasteiger partial charge in [0.2, 0.25) is 0 Å². The normalized spacial score (nSPS) is 15.9. The van der Waals surface area contributed by atoms with E-state index in [1.807, 2.05) is 0 Å². The number of halogens is 1. The topological polar surface area (TPSA) is 9.23 Å². The Hall–Kier alpha value is 0.467. The quantitative estimate of drug-likeness (QED) is 0.527. The summed E-state index contributed by atoms with van der Waals surface area (Å²) < 4.78 is 5.89. The molecule has 0 aliphatic carbocycles. The minimum absolute atomic E-state index is 0.0972. The Bertz CT molecular complexity index is 161. The van der Waals surface area contributed by atoms with Crippen LogP contribution in [-0.2, 0) is 4.43 Å². The lowest BCUT2D eigenvalue weighted by Crippen LogP contribution is -2.52. The zero-order valence-corrected chi connectivity index (χ0v) is 13.4. The van der Waals surface area contributed by atoms with Crippen molar-refractivity contribution in [1.82, 2.24) is 0 Å². The molecule has 0 saturated carbocycles. The van der Waals surface area contributed by atoms with Crippen molar-refractivity contribution in [2.75, 3.05) is 0 Å². The predicted molar refractivity (Wildman–Crippen MR) is 67.9 cm³/mol. The number of rotatable bonds is 5. The minimum atomic E-state index is -0.151. The fourth-order valence-corrected chi connectivity index (χ4v) is 4.35. The number of hydrogen-bond donors (Lipinski definition) is 0. The molecule has 0 aromatic heterocycles. The first-order chi connectivity index (χ1) is 6.30. The van der Waals surface area contributed by atoms with Crippen LogP contribution >= 0.6 is 11.6 Å². The molecular formula is C11H25ClOSi. The highest BCUT2D eigenvalue weighted by Crippen LogP contribution is 2.39. The van der Waals surface area contributed by atoms with E-state index >= 15 is 0 Å². The van der Waals surface area contributed by atoms with Gasteiger partial charge in [0.25, 0.3) is 0 Å². The minimum Gasteiger partial charge on any atom is -0.420 e. The molecule has 0 rings (SSSR count). The molecule has 86 valence electrons. The van der Waals surface area contributed by atoms with Gasteiger partial charge in [0.15, 0.2) is 0 Å². The fourth-order valence-electron chi connectivity index (χ4n) is 2.41. The maximum absolute atomic E-state index is 6.53. The van der Waals surface area contributed by atoms with Crippen LogP contribution in [0.25, 0.3) is 0 Å². The largest absolute Gasteiger partial charge is 0.420 e. The lowest BCUT2D eigenvalue weighted by molar-refractivity contribution is -0.0280. The Morgan fingerprint density at radius 2 is 1.36 bits per heavy atom. The van der Waals surface area contributed by atoms with Crippen LogP contribution in [0.2, 0.25) is 0 Å². The zero-order valence-electron chi connectivity index (χ0n) is 10.6. The SMILES string of the molecule is CC(C)C(Cl)C(O[SiH3])(C(C)C)C(C)C. The van der Waals surface area contributed by atoms with Crippen LogP contribution in [0, 0.1) is 17.8 Å². The van der Waals surface area contributed by atoms with Crippen molar-refractivity contribution in [2.24, 2.45) is 17.8 Å². The molecule has 3 heteroatoms. The summed E-state index contributed by atoms with van der Waals surface area (Å²) in [5, 5.41) is 0.0972. The van der Waals surface area contributed by atoms with E-state index in [2.05, 4.69) is 41.5 Å². The molecule has 0 saturated heterocycles. The van der Waals surface area contributed by atoms with Gasteiger partial charge in [0.05, 0.1) is 11.0 Å². The summed E-state index contributed by atoms with van der Waals surface area (Å²) in [6, 6.07) is 0. The van der Waals surface area contributed by atoms with Crippen molar-refractivity contribution in [3.8, 4) is 0 Å². The second kappa shape index (κ2) is 5.52. The van der Waals surface area contributed by atoms with Gasteiger partial charge in [-0.3, -0.25) is 0 Å². The molecule has 0 spiro atoms. The average Bonchev–Trinajstić information content (AvgIpc) is 2.04. The van der Waals surface area contributed by atoms with Gasteiger partial charge in [-0.25, -0.2) is 0 Å². The molecule has 0 heterocycles. The van der Waals surface area contributed by atoms with Gasteiger partial charge in [0.1, 0.15) is 10.5 Å². The smallest absolute Gasteiger partial charge is 0.146 e. The Labute approximate surface area is 97.1 Å². The van der Waals surface area contributed by atoms with Crippen LogP contribution in [0.15, 0.2) is 0 Å². The summed E-state index contributed by atoms with van der Waals surface area (Å²) >= 11 is 6.53. The second-order valence-electron chi connectivity index (χ2n) is 5.01. The van der Waals surface area contributed by atoms with Gasteiger partial charge >= 0.3 is 0 Å². The molecule has 0 aromatic rings. The van der Waals surface area contributed by atoms with Gasteiger partial charge < -0.3 is 4.43 Å². The molecule has 14 heavy (non-hydrogen) atoms. The lowest BCUT2D eigenvalue weighted by Gasteiger charge is -2.46. The molecule has 0 N–H and O–H groups in total. The molecule has 1 nitrogen and oxygen atoms in total. The number of hydrogen-bond acceptors (Lipinski definition) is 1. The Kier molecular flexibility index (Phi) is 5.71. The van der Waals surface area contributed by atoms with E-state index in [0.29, 0.717) is 17.8 Å². The fraction of sp³-hybridized carbons (Fsp3) is 1.00. The molecule has 1 atom stereocenters. The maximum atomic E-state index is 6.53. The molecule has 0 amide bonds. The van der Waals surface area contributed by atoms with Crippen molar-refractivity contribution >= 4 is 22.1 Å². The first-order valence-electron chi connectivity index (χ1n) is 5.49. The van der Waals surface area contributed by atoms with Gasteiger partial charge in [-0.15, -0.1) is 11.6 Å². The summed E-state index contributed by atoms with van der Waals surface area (Å²) in [5.41, 5.74) is -0.151. The Balaban J connectivity index is 5.03. The van der Waals surface area contributed by atoms with E-state index in [-0.39, 0.29) is 11.0 Å². The van der Waals surface area contributed by atoms with Crippen LogP contribution in [0.4, 0.5) is 0 Å². The van der Waals surface area contributed by atoms with E-state index in [9.17, 15) is 0 Å². The molecule has 0 aliphatic rings. The number of alkyl halides is 1. The van der Waals surface area contributed by atoms with Crippen molar-refractivity contribution in [2.45, 2.75) is 52.5 Å². The third-order valence-electron chi connectivity index (χ3n) is 3.17. The van der Waals surface area contributed by atoms with E-state index < -0.39 is 0 Å².